The summed E-state index contributed by atoms with van der Waals surface area (Å²) in [5.41, 5.74) is 2.51. The Balaban J connectivity index is 1.65. The molecule has 0 amide bonds. The first kappa shape index (κ1) is 13.7. The van der Waals surface area contributed by atoms with Crippen molar-refractivity contribution in [1.29, 1.82) is 5.26 Å². The number of rotatable bonds is 3. The third-order valence-corrected chi connectivity index (χ3v) is 4.86. The number of aromatic nitrogens is 1. The smallest absolute Gasteiger partial charge is 0.328 e. The molecule has 2 aromatic rings. The predicted molar refractivity (Wildman–Crippen MR) is 84.0 cm³/mol. The summed E-state index contributed by atoms with van der Waals surface area (Å²) >= 11 is 0. The predicted octanol–water partition coefficient (Wildman–Crippen LogP) is 3.00. The molecule has 0 saturated heterocycles. The van der Waals surface area contributed by atoms with Gasteiger partial charge in [-0.25, -0.2) is 4.98 Å². The summed E-state index contributed by atoms with van der Waals surface area (Å²) in [4.78, 5) is 14.9. The minimum atomic E-state index is -0.534. The average Bonchev–Trinajstić information content (AvgIpc) is 3.28. The monoisotopic (exact) mass is 306 g/mol. The topological polar surface area (TPSA) is 91.8 Å². The Hall–Kier alpha value is -2.94. The Kier molecular flexibility index (Phi) is 3.01. The lowest BCUT2D eigenvalue weighted by Gasteiger charge is -2.13. The van der Waals surface area contributed by atoms with Crippen LogP contribution in [0.4, 0.5) is 11.5 Å². The van der Waals surface area contributed by atoms with Crippen molar-refractivity contribution >= 4 is 11.5 Å². The van der Waals surface area contributed by atoms with Gasteiger partial charge in [0.2, 0.25) is 5.82 Å². The lowest BCUT2D eigenvalue weighted by Crippen LogP contribution is -2.10. The van der Waals surface area contributed by atoms with Crippen molar-refractivity contribution in [3.05, 3.63) is 63.3 Å². The molecule has 0 aliphatic heterocycles. The van der Waals surface area contributed by atoms with Crippen molar-refractivity contribution in [3.63, 3.8) is 0 Å². The number of hydrogen-bond donors (Lipinski definition) is 1. The molecule has 1 aromatic heterocycles. The standard InChI is InChI=1S/C17H14N4O2/c18-9-11-7-8-19-17(16(11)21(22)23)20-15-13-6-5-10-3-1-2-4-12(10)14(13)15/h1-4,7-8,13-15H,5-6H2,(H,19,20). The minimum Gasteiger partial charge on any atom is -0.361 e. The van der Waals surface area contributed by atoms with Crippen molar-refractivity contribution in [1.82, 2.24) is 4.98 Å². The molecule has 3 unspecified atom stereocenters. The summed E-state index contributed by atoms with van der Waals surface area (Å²) in [7, 11) is 0. The molecule has 114 valence electrons. The number of benzene rings is 1. The van der Waals surface area contributed by atoms with Crippen LogP contribution in [0.15, 0.2) is 36.5 Å². The second kappa shape index (κ2) is 5.06. The summed E-state index contributed by atoms with van der Waals surface area (Å²) in [5.74, 6) is 1.06. The Labute approximate surface area is 132 Å². The van der Waals surface area contributed by atoms with E-state index in [1.165, 1.54) is 23.4 Å². The zero-order valence-electron chi connectivity index (χ0n) is 12.3. The first-order valence-corrected chi connectivity index (χ1v) is 7.58. The number of aryl methyl sites for hydroxylation is 1. The van der Waals surface area contributed by atoms with Crippen molar-refractivity contribution < 1.29 is 4.92 Å². The Bertz CT molecular complexity index is 843. The van der Waals surface area contributed by atoms with Crippen LogP contribution in [0.2, 0.25) is 0 Å². The van der Waals surface area contributed by atoms with Crippen LogP contribution in [0.25, 0.3) is 0 Å². The highest BCUT2D eigenvalue weighted by Gasteiger charge is 2.53. The maximum absolute atomic E-state index is 11.3. The molecule has 2 aliphatic rings. The Morgan fingerprint density at radius 2 is 2.17 bits per heavy atom. The van der Waals surface area contributed by atoms with Crippen LogP contribution in [-0.2, 0) is 6.42 Å². The lowest BCUT2D eigenvalue weighted by atomic mass is 9.92. The van der Waals surface area contributed by atoms with Gasteiger partial charge in [0, 0.05) is 18.2 Å². The van der Waals surface area contributed by atoms with Gasteiger partial charge in [0.05, 0.1) is 4.92 Å². The Morgan fingerprint density at radius 1 is 1.35 bits per heavy atom. The number of hydrogen-bond acceptors (Lipinski definition) is 5. The van der Waals surface area contributed by atoms with E-state index in [0.29, 0.717) is 11.8 Å². The van der Waals surface area contributed by atoms with Crippen molar-refractivity contribution in [2.75, 3.05) is 5.32 Å². The molecule has 23 heavy (non-hydrogen) atoms. The fraction of sp³-hybridized carbons (Fsp3) is 0.294. The normalized spacial score (nSPS) is 24.0. The molecule has 0 spiro atoms. The molecule has 4 rings (SSSR count). The summed E-state index contributed by atoms with van der Waals surface area (Å²) < 4.78 is 0. The van der Waals surface area contributed by atoms with E-state index in [4.69, 9.17) is 5.26 Å². The van der Waals surface area contributed by atoms with E-state index in [0.717, 1.165) is 12.8 Å². The molecule has 1 heterocycles. The first-order chi connectivity index (χ1) is 11.2. The molecule has 6 heteroatoms. The third-order valence-electron chi connectivity index (χ3n) is 4.86. The number of nitriles is 1. The molecular weight excluding hydrogens is 292 g/mol. The van der Waals surface area contributed by atoms with E-state index in [2.05, 4.69) is 22.4 Å². The van der Waals surface area contributed by atoms with Crippen LogP contribution < -0.4 is 5.32 Å². The van der Waals surface area contributed by atoms with Gasteiger partial charge in [-0.2, -0.15) is 5.26 Å². The molecule has 2 aliphatic carbocycles. The zero-order chi connectivity index (χ0) is 16.0. The minimum absolute atomic E-state index is 0.0384. The van der Waals surface area contributed by atoms with Gasteiger partial charge in [-0.15, -0.1) is 0 Å². The number of fused-ring (bicyclic) bond motifs is 3. The summed E-state index contributed by atoms with van der Waals surface area (Å²) in [5, 5.41) is 23.6. The van der Waals surface area contributed by atoms with E-state index in [9.17, 15) is 10.1 Å². The number of nitrogens with zero attached hydrogens (tertiary/aromatic N) is 3. The van der Waals surface area contributed by atoms with Crippen molar-refractivity contribution in [3.8, 4) is 6.07 Å². The van der Waals surface area contributed by atoms with Crippen molar-refractivity contribution in [2.45, 2.75) is 24.8 Å². The van der Waals surface area contributed by atoms with Crippen LogP contribution >= 0.6 is 0 Å². The number of anilines is 1. The molecule has 1 fully saturated rings. The Morgan fingerprint density at radius 3 is 2.96 bits per heavy atom. The second-order valence-corrected chi connectivity index (χ2v) is 6.02. The molecule has 0 radical (unpaired) electrons. The van der Waals surface area contributed by atoms with Gasteiger partial charge in [0.15, 0.2) is 0 Å². The quantitative estimate of drug-likeness (QED) is 0.695. The van der Waals surface area contributed by atoms with Crippen molar-refractivity contribution in [2.24, 2.45) is 5.92 Å². The van der Waals surface area contributed by atoms with Crippen LogP contribution in [-0.4, -0.2) is 15.9 Å². The summed E-state index contributed by atoms with van der Waals surface area (Å²) in [6.45, 7) is 0. The molecular formula is C17H14N4O2. The van der Waals surface area contributed by atoms with Gasteiger partial charge in [-0.1, -0.05) is 24.3 Å². The van der Waals surface area contributed by atoms with E-state index in [1.54, 1.807) is 0 Å². The molecule has 6 nitrogen and oxygen atoms in total. The molecule has 1 N–H and O–H groups in total. The number of nitrogens with one attached hydrogen (secondary N) is 1. The first-order valence-electron chi connectivity index (χ1n) is 7.58. The van der Waals surface area contributed by atoms with Gasteiger partial charge in [0.25, 0.3) is 0 Å². The lowest BCUT2D eigenvalue weighted by molar-refractivity contribution is -0.384. The third kappa shape index (κ3) is 2.13. The summed E-state index contributed by atoms with van der Waals surface area (Å²) in [6, 6.07) is 11.8. The van der Waals surface area contributed by atoms with E-state index >= 15 is 0 Å². The van der Waals surface area contributed by atoms with Crippen LogP contribution in [0.1, 0.15) is 29.0 Å². The average molecular weight is 306 g/mol. The second-order valence-electron chi connectivity index (χ2n) is 6.02. The molecule has 1 aromatic carbocycles. The highest BCUT2D eigenvalue weighted by molar-refractivity contribution is 5.65. The molecule has 1 saturated carbocycles. The number of nitro groups is 1. The fourth-order valence-corrected chi connectivity index (χ4v) is 3.76. The SMILES string of the molecule is N#Cc1ccnc(NC2C3CCc4ccccc4C32)c1[N+](=O)[O-]. The highest BCUT2D eigenvalue weighted by Crippen LogP contribution is 2.56. The highest BCUT2D eigenvalue weighted by atomic mass is 16.6. The van der Waals surface area contributed by atoms with Gasteiger partial charge < -0.3 is 5.32 Å². The zero-order valence-corrected chi connectivity index (χ0v) is 12.3. The van der Waals surface area contributed by atoms with Gasteiger partial charge in [-0.05, 0) is 36.0 Å². The fourth-order valence-electron chi connectivity index (χ4n) is 3.76. The molecule has 3 atom stereocenters. The van der Waals surface area contributed by atoms with E-state index in [1.807, 2.05) is 18.2 Å². The summed E-state index contributed by atoms with van der Waals surface area (Å²) in [6.07, 6.45) is 3.56. The van der Waals surface area contributed by atoms with E-state index < -0.39 is 4.92 Å². The van der Waals surface area contributed by atoms with E-state index in [-0.39, 0.29) is 23.1 Å². The maximum Gasteiger partial charge on any atom is 0.328 e. The number of pyridine rings is 1. The molecule has 0 bridgehead atoms. The largest absolute Gasteiger partial charge is 0.361 e. The maximum atomic E-state index is 11.3. The van der Waals surface area contributed by atoms with Crippen LogP contribution in [0.5, 0.6) is 0 Å². The van der Waals surface area contributed by atoms with Gasteiger partial charge in [-0.3, -0.25) is 10.1 Å². The van der Waals surface area contributed by atoms with Gasteiger partial charge >= 0.3 is 5.69 Å². The van der Waals surface area contributed by atoms with Crippen LogP contribution in [0, 0.1) is 27.4 Å². The van der Waals surface area contributed by atoms with Crippen LogP contribution in [0.3, 0.4) is 0 Å². The van der Waals surface area contributed by atoms with Gasteiger partial charge in [0.1, 0.15) is 11.6 Å².